The number of carbonyl (C=O) groups is 1. The number of ether oxygens (including phenoxy) is 1. The van der Waals surface area contributed by atoms with E-state index in [4.69, 9.17) is 16.3 Å². The average Bonchev–Trinajstić information content (AvgIpc) is 2.57. The summed E-state index contributed by atoms with van der Waals surface area (Å²) in [4.78, 5) is 13.4. The topological polar surface area (TPSA) is 55.3 Å². The van der Waals surface area contributed by atoms with Crippen LogP contribution < -0.4 is 4.74 Å². The minimum atomic E-state index is -0.438. The SMILES string of the molecule is CCCCN(C)C(=O)Oc1ccc(-c2cc(Cl)c(C)c(Br)c2)nn1. The van der Waals surface area contributed by atoms with Crippen LogP contribution in [0.2, 0.25) is 5.02 Å². The normalized spacial score (nSPS) is 10.5. The van der Waals surface area contributed by atoms with Gasteiger partial charge in [0.2, 0.25) is 5.88 Å². The summed E-state index contributed by atoms with van der Waals surface area (Å²) >= 11 is 9.66. The standard InChI is InChI=1S/C17H19BrClN3O2/c1-4-5-8-22(3)17(23)24-16-7-6-15(20-21-16)12-9-13(18)11(2)14(19)10-12/h6-7,9-10H,4-5,8H2,1-3H3. The molecule has 0 atom stereocenters. The highest BCUT2D eigenvalue weighted by Crippen LogP contribution is 2.30. The van der Waals surface area contributed by atoms with Gasteiger partial charge in [0.05, 0.1) is 5.69 Å². The number of unbranched alkanes of at least 4 members (excludes halogenated alkanes) is 1. The van der Waals surface area contributed by atoms with Gasteiger partial charge < -0.3 is 9.64 Å². The fourth-order valence-electron chi connectivity index (χ4n) is 1.98. The van der Waals surface area contributed by atoms with Gasteiger partial charge in [0.1, 0.15) is 0 Å². The third-order valence-electron chi connectivity index (χ3n) is 3.57. The second-order valence-electron chi connectivity index (χ2n) is 5.46. The molecule has 0 spiro atoms. The number of aromatic nitrogens is 2. The van der Waals surface area contributed by atoms with Crippen LogP contribution in [0, 0.1) is 6.92 Å². The zero-order valence-corrected chi connectivity index (χ0v) is 16.2. The Bertz CT molecular complexity index is 699. The Labute approximate surface area is 155 Å². The zero-order chi connectivity index (χ0) is 17.7. The first-order valence-corrected chi connectivity index (χ1v) is 8.82. The molecule has 0 bridgehead atoms. The Morgan fingerprint density at radius 3 is 2.67 bits per heavy atom. The molecule has 7 heteroatoms. The quantitative estimate of drug-likeness (QED) is 0.685. The van der Waals surface area contributed by atoms with E-state index in [0.29, 0.717) is 17.3 Å². The van der Waals surface area contributed by atoms with Crippen molar-refractivity contribution < 1.29 is 9.53 Å². The van der Waals surface area contributed by atoms with Crippen LogP contribution in [0.25, 0.3) is 11.3 Å². The van der Waals surface area contributed by atoms with E-state index < -0.39 is 6.09 Å². The molecule has 2 aromatic rings. The van der Waals surface area contributed by atoms with Crippen molar-refractivity contribution >= 4 is 33.6 Å². The molecule has 0 aliphatic heterocycles. The molecule has 1 aromatic heterocycles. The van der Waals surface area contributed by atoms with E-state index in [1.54, 1.807) is 19.2 Å². The Morgan fingerprint density at radius 1 is 1.33 bits per heavy atom. The lowest BCUT2D eigenvalue weighted by Crippen LogP contribution is -2.30. The molecule has 0 aliphatic carbocycles. The minimum absolute atomic E-state index is 0.171. The molecule has 1 aromatic carbocycles. The highest BCUT2D eigenvalue weighted by molar-refractivity contribution is 9.10. The van der Waals surface area contributed by atoms with Gasteiger partial charge in [0.25, 0.3) is 0 Å². The maximum absolute atomic E-state index is 11.9. The van der Waals surface area contributed by atoms with Crippen molar-refractivity contribution in [1.29, 1.82) is 0 Å². The van der Waals surface area contributed by atoms with Crippen LogP contribution in [0.3, 0.4) is 0 Å². The number of hydrogen-bond donors (Lipinski definition) is 0. The van der Waals surface area contributed by atoms with Crippen LogP contribution >= 0.6 is 27.5 Å². The minimum Gasteiger partial charge on any atom is -0.389 e. The van der Waals surface area contributed by atoms with Gasteiger partial charge in [-0.05, 0) is 37.1 Å². The van der Waals surface area contributed by atoms with Crippen molar-refractivity contribution in [1.82, 2.24) is 15.1 Å². The smallest absolute Gasteiger partial charge is 0.389 e. The van der Waals surface area contributed by atoms with E-state index in [9.17, 15) is 4.79 Å². The van der Waals surface area contributed by atoms with Gasteiger partial charge in [0, 0.05) is 34.7 Å². The molecule has 1 amide bonds. The first kappa shape index (κ1) is 18.7. The molecular formula is C17H19BrClN3O2. The van der Waals surface area contributed by atoms with Crippen LogP contribution in [-0.4, -0.2) is 34.8 Å². The molecule has 0 saturated heterocycles. The van der Waals surface area contributed by atoms with Gasteiger partial charge >= 0.3 is 6.09 Å². The highest BCUT2D eigenvalue weighted by Gasteiger charge is 2.12. The highest BCUT2D eigenvalue weighted by atomic mass is 79.9. The Kier molecular flexibility index (Phi) is 6.57. The molecule has 24 heavy (non-hydrogen) atoms. The third-order valence-corrected chi connectivity index (χ3v) is 4.78. The Hall–Kier alpha value is -1.66. The first-order chi connectivity index (χ1) is 11.4. The molecule has 0 radical (unpaired) electrons. The second-order valence-corrected chi connectivity index (χ2v) is 6.73. The van der Waals surface area contributed by atoms with Crippen molar-refractivity contribution in [2.75, 3.05) is 13.6 Å². The van der Waals surface area contributed by atoms with Crippen molar-refractivity contribution in [3.8, 4) is 17.1 Å². The summed E-state index contributed by atoms with van der Waals surface area (Å²) in [5.41, 5.74) is 2.45. The van der Waals surface area contributed by atoms with E-state index in [0.717, 1.165) is 28.4 Å². The predicted octanol–water partition coefficient (Wildman–Crippen LogP) is 5.10. The summed E-state index contributed by atoms with van der Waals surface area (Å²) < 4.78 is 6.11. The van der Waals surface area contributed by atoms with E-state index in [1.807, 2.05) is 19.1 Å². The van der Waals surface area contributed by atoms with E-state index >= 15 is 0 Å². The van der Waals surface area contributed by atoms with E-state index in [1.165, 1.54) is 4.90 Å². The second kappa shape index (κ2) is 8.44. The van der Waals surface area contributed by atoms with Crippen LogP contribution in [0.15, 0.2) is 28.7 Å². The molecule has 0 fully saturated rings. The van der Waals surface area contributed by atoms with Crippen molar-refractivity contribution in [2.45, 2.75) is 26.7 Å². The Balaban J connectivity index is 2.09. The molecule has 0 saturated carbocycles. The van der Waals surface area contributed by atoms with Crippen molar-refractivity contribution in [2.24, 2.45) is 0 Å². The molecule has 0 N–H and O–H groups in total. The number of carbonyl (C=O) groups excluding carboxylic acids is 1. The van der Waals surface area contributed by atoms with E-state index in [2.05, 4.69) is 33.1 Å². The van der Waals surface area contributed by atoms with E-state index in [-0.39, 0.29) is 5.88 Å². The predicted molar refractivity (Wildman–Crippen MR) is 98.5 cm³/mol. The van der Waals surface area contributed by atoms with Gasteiger partial charge in [0.15, 0.2) is 0 Å². The lowest BCUT2D eigenvalue weighted by atomic mass is 10.1. The summed E-state index contributed by atoms with van der Waals surface area (Å²) in [6.07, 6.45) is 1.51. The van der Waals surface area contributed by atoms with Gasteiger partial charge in [-0.1, -0.05) is 40.9 Å². The molecule has 0 aliphatic rings. The lowest BCUT2D eigenvalue weighted by molar-refractivity contribution is 0.160. The molecule has 2 rings (SSSR count). The number of amides is 1. The Morgan fingerprint density at radius 2 is 2.08 bits per heavy atom. The largest absolute Gasteiger partial charge is 0.416 e. The van der Waals surface area contributed by atoms with Crippen LogP contribution in [0.5, 0.6) is 5.88 Å². The number of hydrogen-bond acceptors (Lipinski definition) is 4. The third kappa shape index (κ3) is 4.68. The summed E-state index contributed by atoms with van der Waals surface area (Å²) in [6.45, 7) is 4.65. The van der Waals surface area contributed by atoms with Crippen molar-refractivity contribution in [3.63, 3.8) is 0 Å². The average molecular weight is 413 g/mol. The van der Waals surface area contributed by atoms with Gasteiger partial charge in [-0.3, -0.25) is 0 Å². The van der Waals surface area contributed by atoms with Crippen LogP contribution in [0.1, 0.15) is 25.3 Å². The number of halogens is 2. The fraction of sp³-hybridized carbons (Fsp3) is 0.353. The molecule has 128 valence electrons. The maximum Gasteiger partial charge on any atom is 0.416 e. The van der Waals surface area contributed by atoms with Crippen LogP contribution in [-0.2, 0) is 0 Å². The van der Waals surface area contributed by atoms with Gasteiger partial charge in [-0.15, -0.1) is 10.2 Å². The summed E-state index contributed by atoms with van der Waals surface area (Å²) in [7, 11) is 1.70. The molecular weight excluding hydrogens is 394 g/mol. The monoisotopic (exact) mass is 411 g/mol. The van der Waals surface area contributed by atoms with Crippen LogP contribution in [0.4, 0.5) is 4.79 Å². The number of benzene rings is 1. The maximum atomic E-state index is 11.9. The summed E-state index contributed by atoms with van der Waals surface area (Å²) in [5, 5.41) is 8.72. The van der Waals surface area contributed by atoms with Gasteiger partial charge in [-0.25, -0.2) is 4.79 Å². The number of rotatable bonds is 5. The fourth-order valence-corrected chi connectivity index (χ4v) is 2.77. The lowest BCUT2D eigenvalue weighted by Gasteiger charge is -2.15. The molecule has 5 nitrogen and oxygen atoms in total. The number of nitrogens with zero attached hydrogens (tertiary/aromatic N) is 3. The summed E-state index contributed by atoms with van der Waals surface area (Å²) in [5.74, 6) is 0.171. The summed E-state index contributed by atoms with van der Waals surface area (Å²) in [6, 6.07) is 7.12. The molecule has 0 unspecified atom stereocenters. The van der Waals surface area contributed by atoms with Gasteiger partial charge in [-0.2, -0.15) is 0 Å². The molecule has 1 heterocycles. The van der Waals surface area contributed by atoms with Crippen molar-refractivity contribution in [3.05, 3.63) is 39.3 Å². The first-order valence-electron chi connectivity index (χ1n) is 7.65. The zero-order valence-electron chi connectivity index (χ0n) is 13.8.